The lowest BCUT2D eigenvalue weighted by molar-refractivity contribution is 0.247. The maximum absolute atomic E-state index is 11.8. The van der Waals surface area contributed by atoms with Crippen molar-refractivity contribution in [2.45, 2.75) is 6.92 Å². The van der Waals surface area contributed by atoms with E-state index in [1.807, 2.05) is 43.3 Å². The summed E-state index contributed by atoms with van der Waals surface area (Å²) in [5.74, 6) is 1.34. The molecule has 1 amide bonds. The van der Waals surface area contributed by atoms with E-state index in [9.17, 15) is 4.79 Å². The molecule has 2 N–H and O–H groups in total. The monoisotopic (exact) mass is 330 g/mol. The smallest absolute Gasteiger partial charge is 0.291 e. The number of benzene rings is 1. The number of para-hydroxylation sites is 1. The number of likely N-dealkylation sites (N-methyl/N-ethyl adjacent to an activating group) is 1. The van der Waals surface area contributed by atoms with Crippen LogP contribution in [0, 0.1) is 0 Å². The van der Waals surface area contributed by atoms with E-state index in [4.69, 9.17) is 22.4 Å². The molecule has 3 rings (SSSR count). The Kier molecular flexibility index (Phi) is 4.04. The molecule has 0 bridgehead atoms. The molecule has 6 heteroatoms. The van der Waals surface area contributed by atoms with Gasteiger partial charge in [-0.25, -0.2) is 0 Å². The zero-order chi connectivity index (χ0) is 15.7. The molecule has 1 saturated heterocycles. The molecule has 2 aromatic rings. The Morgan fingerprint density at radius 1 is 1.32 bits per heavy atom. The Balaban J connectivity index is 1.90. The van der Waals surface area contributed by atoms with Crippen molar-refractivity contribution in [3.8, 4) is 11.3 Å². The molecule has 1 aliphatic rings. The van der Waals surface area contributed by atoms with Gasteiger partial charge in [0, 0.05) is 17.8 Å². The van der Waals surface area contributed by atoms with Crippen LogP contribution in [0.5, 0.6) is 0 Å². The third-order valence-electron chi connectivity index (χ3n) is 3.32. The third kappa shape index (κ3) is 2.67. The van der Waals surface area contributed by atoms with Crippen LogP contribution >= 0.6 is 24.0 Å². The molecule has 1 aromatic heterocycles. The molecule has 1 fully saturated rings. The summed E-state index contributed by atoms with van der Waals surface area (Å²) in [6, 6.07) is 11.2. The first-order valence-corrected chi connectivity index (χ1v) is 8.02. The summed E-state index contributed by atoms with van der Waals surface area (Å²) >= 11 is 6.44. The van der Waals surface area contributed by atoms with Crippen LogP contribution in [0.2, 0.25) is 0 Å². The van der Waals surface area contributed by atoms with Crippen molar-refractivity contribution in [3.05, 3.63) is 47.1 Å². The van der Waals surface area contributed by atoms with Crippen LogP contribution in [0.25, 0.3) is 17.4 Å². The number of hydrogen-bond donors (Lipinski definition) is 1. The summed E-state index contributed by atoms with van der Waals surface area (Å²) in [5.41, 5.74) is 7.46. The number of amides is 1. The topological polar surface area (TPSA) is 59.5 Å². The maximum atomic E-state index is 11.8. The molecular weight excluding hydrogens is 316 g/mol. The highest BCUT2D eigenvalue weighted by molar-refractivity contribution is 8.19. The number of anilines is 1. The van der Waals surface area contributed by atoms with Gasteiger partial charge in [-0.05, 0) is 49.0 Å². The van der Waals surface area contributed by atoms with Gasteiger partial charge in [-0.3, -0.25) is 9.69 Å². The SMILES string of the molecule is CCN1C(=O)SC(=Cc2ccc(-c3ccccc3N)o2)C1=S. The van der Waals surface area contributed by atoms with Crippen molar-refractivity contribution < 1.29 is 9.21 Å². The van der Waals surface area contributed by atoms with Crippen LogP contribution in [0.4, 0.5) is 10.5 Å². The van der Waals surface area contributed by atoms with Crippen molar-refractivity contribution in [2.24, 2.45) is 0 Å². The predicted molar refractivity (Wildman–Crippen MR) is 94.5 cm³/mol. The van der Waals surface area contributed by atoms with Gasteiger partial charge >= 0.3 is 0 Å². The van der Waals surface area contributed by atoms with Crippen molar-refractivity contribution in [1.29, 1.82) is 0 Å². The molecule has 1 aliphatic heterocycles. The first kappa shape index (κ1) is 14.9. The zero-order valence-corrected chi connectivity index (χ0v) is 13.5. The lowest BCUT2D eigenvalue weighted by atomic mass is 10.1. The lowest BCUT2D eigenvalue weighted by Crippen LogP contribution is -2.26. The van der Waals surface area contributed by atoms with Crippen LogP contribution in [-0.4, -0.2) is 21.7 Å². The van der Waals surface area contributed by atoms with E-state index in [1.54, 1.807) is 11.0 Å². The van der Waals surface area contributed by atoms with Crippen LogP contribution in [0.3, 0.4) is 0 Å². The van der Waals surface area contributed by atoms with Gasteiger partial charge in [0.15, 0.2) is 0 Å². The number of nitrogens with two attached hydrogens (primary N) is 1. The van der Waals surface area contributed by atoms with Gasteiger partial charge in [0.25, 0.3) is 5.24 Å². The molecular formula is C16H14N2O2S2. The number of thiocarbonyl (C=S) groups is 1. The minimum absolute atomic E-state index is 0.0437. The minimum atomic E-state index is -0.0437. The van der Waals surface area contributed by atoms with Gasteiger partial charge in [0.2, 0.25) is 0 Å². The largest absolute Gasteiger partial charge is 0.457 e. The summed E-state index contributed by atoms with van der Waals surface area (Å²) < 4.78 is 5.81. The fraction of sp³-hybridized carbons (Fsp3) is 0.125. The number of thioether (sulfide) groups is 1. The normalized spacial score (nSPS) is 16.8. The first-order valence-electron chi connectivity index (χ1n) is 6.80. The van der Waals surface area contributed by atoms with Gasteiger partial charge in [0.1, 0.15) is 16.5 Å². The van der Waals surface area contributed by atoms with Gasteiger partial charge in [-0.15, -0.1) is 0 Å². The molecule has 2 heterocycles. The Bertz CT molecular complexity index is 780. The second-order valence-electron chi connectivity index (χ2n) is 4.72. The number of furan rings is 1. The number of carbonyl (C=O) groups excluding carboxylic acids is 1. The highest BCUT2D eigenvalue weighted by atomic mass is 32.2. The van der Waals surface area contributed by atoms with Gasteiger partial charge in [-0.2, -0.15) is 0 Å². The van der Waals surface area contributed by atoms with E-state index in [-0.39, 0.29) is 5.24 Å². The van der Waals surface area contributed by atoms with Gasteiger partial charge in [-0.1, -0.05) is 24.4 Å². The Morgan fingerprint density at radius 2 is 2.09 bits per heavy atom. The maximum Gasteiger partial charge on any atom is 0.291 e. The molecule has 0 spiro atoms. The average molecular weight is 330 g/mol. The number of nitrogens with zero attached hydrogens (tertiary/aromatic N) is 1. The van der Waals surface area contributed by atoms with E-state index in [0.29, 0.717) is 28.7 Å². The van der Waals surface area contributed by atoms with E-state index in [2.05, 4.69) is 0 Å². The minimum Gasteiger partial charge on any atom is -0.457 e. The number of carbonyl (C=O) groups is 1. The molecule has 0 saturated carbocycles. The highest BCUT2D eigenvalue weighted by Gasteiger charge is 2.30. The molecule has 0 aliphatic carbocycles. The predicted octanol–water partition coefficient (Wildman–Crippen LogP) is 4.39. The van der Waals surface area contributed by atoms with E-state index < -0.39 is 0 Å². The van der Waals surface area contributed by atoms with Crippen molar-refractivity contribution >= 4 is 46.0 Å². The molecule has 0 radical (unpaired) electrons. The van der Waals surface area contributed by atoms with Crippen molar-refractivity contribution in [2.75, 3.05) is 12.3 Å². The van der Waals surface area contributed by atoms with Crippen LogP contribution in [0.15, 0.2) is 45.7 Å². The van der Waals surface area contributed by atoms with Gasteiger partial charge < -0.3 is 10.2 Å². The summed E-state index contributed by atoms with van der Waals surface area (Å²) in [7, 11) is 0. The number of hydrogen-bond acceptors (Lipinski definition) is 5. The average Bonchev–Trinajstić information content (AvgIpc) is 3.05. The molecule has 0 atom stereocenters. The number of rotatable bonds is 3. The summed E-state index contributed by atoms with van der Waals surface area (Å²) in [5, 5.41) is -0.0437. The Morgan fingerprint density at radius 3 is 2.77 bits per heavy atom. The molecule has 4 nitrogen and oxygen atoms in total. The third-order valence-corrected chi connectivity index (χ3v) is 4.81. The second kappa shape index (κ2) is 5.98. The standard InChI is InChI=1S/C16H14N2O2S2/c1-2-18-15(21)14(22-16(18)19)9-10-7-8-13(20-10)11-5-3-4-6-12(11)17/h3-9H,2,17H2,1H3. The first-order chi connectivity index (χ1) is 10.6. The van der Waals surface area contributed by atoms with Crippen molar-refractivity contribution in [3.63, 3.8) is 0 Å². The van der Waals surface area contributed by atoms with Crippen LogP contribution in [-0.2, 0) is 0 Å². The zero-order valence-electron chi connectivity index (χ0n) is 11.9. The fourth-order valence-corrected chi connectivity index (χ4v) is 3.54. The molecule has 0 unspecified atom stereocenters. The summed E-state index contributed by atoms with van der Waals surface area (Å²) in [4.78, 5) is 14.7. The van der Waals surface area contributed by atoms with Crippen molar-refractivity contribution in [1.82, 2.24) is 4.90 Å². The van der Waals surface area contributed by atoms with Crippen LogP contribution < -0.4 is 5.73 Å². The molecule has 1 aromatic carbocycles. The molecule has 22 heavy (non-hydrogen) atoms. The summed E-state index contributed by atoms with van der Waals surface area (Å²) in [6.45, 7) is 2.48. The second-order valence-corrected chi connectivity index (χ2v) is 6.10. The number of nitrogen functional groups attached to an aromatic ring is 1. The van der Waals surface area contributed by atoms with Crippen LogP contribution in [0.1, 0.15) is 12.7 Å². The van der Waals surface area contributed by atoms with E-state index in [1.165, 1.54) is 0 Å². The molecule has 112 valence electrons. The Labute approximate surface area is 138 Å². The van der Waals surface area contributed by atoms with E-state index in [0.717, 1.165) is 22.2 Å². The quantitative estimate of drug-likeness (QED) is 0.514. The Hall–Kier alpha value is -2.05. The summed E-state index contributed by atoms with van der Waals surface area (Å²) in [6.07, 6.45) is 1.79. The fourth-order valence-electron chi connectivity index (χ4n) is 2.20. The van der Waals surface area contributed by atoms with E-state index >= 15 is 0 Å². The highest BCUT2D eigenvalue weighted by Crippen LogP contribution is 2.34. The lowest BCUT2D eigenvalue weighted by Gasteiger charge is -2.09. The van der Waals surface area contributed by atoms with Gasteiger partial charge in [0.05, 0.1) is 4.91 Å².